The predicted octanol–water partition coefficient (Wildman–Crippen LogP) is 5.52. The quantitative estimate of drug-likeness (QED) is 0.308. The molecule has 3 heterocycles. The fourth-order valence-corrected chi connectivity index (χ4v) is 7.28. The first kappa shape index (κ1) is 27.9. The van der Waals surface area contributed by atoms with Crippen molar-refractivity contribution in [3.8, 4) is 11.3 Å². The number of aromatic nitrogens is 1. The van der Waals surface area contributed by atoms with E-state index >= 15 is 0 Å². The molecule has 3 aromatic rings. The molecule has 0 saturated carbocycles. The Morgan fingerprint density at radius 3 is 2.46 bits per heavy atom. The first-order valence-corrected chi connectivity index (χ1v) is 15.5. The molecule has 1 saturated heterocycles. The van der Waals surface area contributed by atoms with Crippen molar-refractivity contribution in [2.24, 2.45) is 18.9 Å². The third-order valence-corrected chi connectivity index (χ3v) is 9.69. The van der Waals surface area contributed by atoms with Gasteiger partial charge in [0.25, 0.3) is 0 Å². The van der Waals surface area contributed by atoms with Crippen molar-refractivity contribution < 1.29 is 14.3 Å². The minimum Gasteiger partial charge on any atom is -0.462 e. The summed E-state index contributed by atoms with van der Waals surface area (Å²) in [6.07, 6.45) is 6.46. The molecule has 0 radical (unpaired) electrons. The highest BCUT2D eigenvalue weighted by molar-refractivity contribution is 6.05. The number of nitrogens with zero attached hydrogens (tertiary/aromatic N) is 2. The lowest BCUT2D eigenvalue weighted by Crippen LogP contribution is -2.42. The lowest BCUT2D eigenvalue weighted by atomic mass is 9.71. The molecule has 1 N–H and O–H groups in total. The van der Waals surface area contributed by atoms with Crippen LogP contribution in [0.5, 0.6) is 0 Å². The van der Waals surface area contributed by atoms with Crippen molar-refractivity contribution in [3.05, 3.63) is 81.5 Å². The summed E-state index contributed by atoms with van der Waals surface area (Å²) in [4.78, 5) is 30.2. The molecule has 2 aromatic carbocycles. The molecule has 0 bridgehead atoms. The van der Waals surface area contributed by atoms with Crippen molar-refractivity contribution in [2.75, 3.05) is 32.8 Å². The van der Waals surface area contributed by atoms with Gasteiger partial charge in [0.15, 0.2) is 5.78 Å². The fourth-order valence-electron chi connectivity index (χ4n) is 7.28. The molecule has 41 heavy (non-hydrogen) atoms. The third kappa shape index (κ3) is 5.52. The number of likely N-dealkylation sites (tertiary alicyclic amines) is 1. The molecule has 6 heteroatoms. The summed E-state index contributed by atoms with van der Waals surface area (Å²) in [5.41, 5.74) is 9.24. The van der Waals surface area contributed by atoms with Crippen molar-refractivity contribution in [1.29, 1.82) is 0 Å². The number of rotatable bonds is 7. The van der Waals surface area contributed by atoms with Gasteiger partial charge in [-0.15, -0.1) is 0 Å². The molecule has 6 rings (SSSR count). The van der Waals surface area contributed by atoms with Crippen molar-refractivity contribution >= 4 is 11.8 Å². The third-order valence-electron chi connectivity index (χ3n) is 9.69. The van der Waals surface area contributed by atoms with Crippen LogP contribution in [0.4, 0.5) is 0 Å². The molecular formula is C35H43N3O3. The van der Waals surface area contributed by atoms with Crippen LogP contribution < -0.4 is 5.32 Å². The second-order valence-corrected chi connectivity index (χ2v) is 12.2. The maximum Gasteiger partial charge on any atom is 0.339 e. The van der Waals surface area contributed by atoms with Gasteiger partial charge in [-0.3, -0.25) is 4.79 Å². The van der Waals surface area contributed by atoms with E-state index in [2.05, 4.69) is 46.6 Å². The number of fused-ring (bicyclic) bond motifs is 2. The average Bonchev–Trinajstić information content (AvgIpc) is 3.30. The van der Waals surface area contributed by atoms with Gasteiger partial charge in [0.1, 0.15) is 0 Å². The van der Waals surface area contributed by atoms with E-state index in [1.54, 1.807) is 0 Å². The number of piperidine rings is 1. The monoisotopic (exact) mass is 553 g/mol. The van der Waals surface area contributed by atoms with E-state index in [0.29, 0.717) is 12.2 Å². The molecule has 0 spiro atoms. The summed E-state index contributed by atoms with van der Waals surface area (Å²) in [7, 11) is 1.98. The highest BCUT2D eigenvalue weighted by Gasteiger charge is 2.37. The molecule has 2 aliphatic heterocycles. The van der Waals surface area contributed by atoms with Gasteiger partial charge in [0, 0.05) is 48.6 Å². The van der Waals surface area contributed by atoms with Crippen LogP contribution in [0.1, 0.15) is 74.8 Å². The van der Waals surface area contributed by atoms with Gasteiger partial charge in [-0.1, -0.05) is 30.7 Å². The number of nitrogens with one attached hydrogen (secondary N) is 1. The maximum atomic E-state index is 14.8. The maximum absolute atomic E-state index is 14.8. The summed E-state index contributed by atoms with van der Waals surface area (Å²) in [6.45, 7) is 9.06. The van der Waals surface area contributed by atoms with Crippen LogP contribution in [0, 0.1) is 18.8 Å². The molecule has 3 aliphatic rings. The van der Waals surface area contributed by atoms with Crippen molar-refractivity contribution in [1.82, 2.24) is 14.8 Å². The summed E-state index contributed by atoms with van der Waals surface area (Å²) in [5, 5.41) is 3.49. The van der Waals surface area contributed by atoms with Gasteiger partial charge in [0.05, 0.1) is 12.2 Å². The molecule has 1 unspecified atom stereocenters. The standard InChI is InChI=1S/C35H43N3O3/c1-4-41-35(40)29-20-33(37(3)23(29)2)31-18-26-12-13-36-21-27(26)19-32(31)34(39)30-17-25-11-7-6-10-24(25)16-28(30)22-38-14-8-5-9-15-38/h6-7,10-11,18-20,28,30,36H,4-5,8-9,12-17,21-22H2,1-3H3/t28-,30?/m0/s1. The van der Waals surface area contributed by atoms with Crippen LogP contribution in [-0.2, 0) is 37.6 Å². The first-order valence-electron chi connectivity index (χ1n) is 15.5. The predicted molar refractivity (Wildman–Crippen MR) is 162 cm³/mol. The fraction of sp³-hybridized carbons (Fsp3) is 0.486. The van der Waals surface area contributed by atoms with Crippen LogP contribution in [0.25, 0.3) is 11.3 Å². The Morgan fingerprint density at radius 1 is 0.951 bits per heavy atom. The zero-order valence-electron chi connectivity index (χ0n) is 24.8. The van der Waals surface area contributed by atoms with Crippen LogP contribution in [0.3, 0.4) is 0 Å². The molecule has 2 atom stereocenters. The van der Waals surface area contributed by atoms with Crippen LogP contribution in [0.15, 0.2) is 42.5 Å². The Morgan fingerprint density at radius 2 is 1.71 bits per heavy atom. The summed E-state index contributed by atoms with van der Waals surface area (Å²) in [6, 6.07) is 15.0. The highest BCUT2D eigenvalue weighted by atomic mass is 16.5. The molecule has 0 amide bonds. The van der Waals surface area contributed by atoms with Gasteiger partial charge in [-0.05, 0) is 112 Å². The van der Waals surface area contributed by atoms with Crippen LogP contribution >= 0.6 is 0 Å². The van der Waals surface area contributed by atoms with E-state index in [-0.39, 0.29) is 23.6 Å². The Balaban J connectivity index is 1.43. The first-order chi connectivity index (χ1) is 19.9. The van der Waals surface area contributed by atoms with Gasteiger partial charge in [-0.25, -0.2) is 4.79 Å². The molecule has 6 nitrogen and oxygen atoms in total. The number of esters is 1. The SMILES string of the molecule is CCOC(=O)c1cc(-c2cc3c(cc2C(=O)C2Cc4ccccc4C[C@H]2CN2CCCCC2)CNCC3)n(C)c1C. The number of benzene rings is 2. The Bertz CT molecular complexity index is 1450. The summed E-state index contributed by atoms with van der Waals surface area (Å²) < 4.78 is 7.41. The highest BCUT2D eigenvalue weighted by Crippen LogP contribution is 2.38. The Kier molecular flexibility index (Phi) is 8.14. The summed E-state index contributed by atoms with van der Waals surface area (Å²) in [5.74, 6) is 0.127. The van der Waals surface area contributed by atoms with Gasteiger partial charge < -0.3 is 19.5 Å². The Labute approximate surface area is 244 Å². The smallest absolute Gasteiger partial charge is 0.339 e. The van der Waals surface area contributed by atoms with E-state index in [9.17, 15) is 9.59 Å². The number of carbonyl (C=O) groups excluding carboxylic acids is 2. The summed E-state index contributed by atoms with van der Waals surface area (Å²) >= 11 is 0. The van der Waals surface area contributed by atoms with E-state index in [0.717, 1.165) is 74.5 Å². The molecule has 1 aromatic heterocycles. The lowest BCUT2D eigenvalue weighted by Gasteiger charge is -2.37. The zero-order valence-corrected chi connectivity index (χ0v) is 24.8. The van der Waals surface area contributed by atoms with Gasteiger partial charge in [-0.2, -0.15) is 0 Å². The number of ether oxygens (including phenoxy) is 1. The Hall–Kier alpha value is -3.22. The van der Waals surface area contributed by atoms with E-state index in [4.69, 9.17) is 4.74 Å². The van der Waals surface area contributed by atoms with E-state index in [1.165, 1.54) is 41.5 Å². The van der Waals surface area contributed by atoms with E-state index < -0.39 is 0 Å². The number of carbonyl (C=O) groups is 2. The largest absolute Gasteiger partial charge is 0.462 e. The molecular weight excluding hydrogens is 510 g/mol. The average molecular weight is 554 g/mol. The number of ketones is 1. The topological polar surface area (TPSA) is 63.6 Å². The minimum atomic E-state index is -0.313. The van der Waals surface area contributed by atoms with Crippen molar-refractivity contribution in [2.45, 2.75) is 58.9 Å². The van der Waals surface area contributed by atoms with Gasteiger partial charge >= 0.3 is 5.97 Å². The van der Waals surface area contributed by atoms with Gasteiger partial charge in [0.2, 0.25) is 0 Å². The second-order valence-electron chi connectivity index (χ2n) is 12.2. The zero-order chi connectivity index (χ0) is 28.5. The number of Topliss-reactive ketones (excluding diaryl/α,β-unsaturated/α-hetero) is 1. The van der Waals surface area contributed by atoms with Crippen LogP contribution in [-0.4, -0.2) is 54.0 Å². The molecule has 1 fully saturated rings. The lowest BCUT2D eigenvalue weighted by molar-refractivity contribution is 0.0525. The van der Waals surface area contributed by atoms with E-state index in [1.807, 2.05) is 31.5 Å². The number of hydrogen-bond donors (Lipinski definition) is 1. The normalized spacial score (nSPS) is 20.8. The molecule has 216 valence electrons. The second kappa shape index (κ2) is 11.9. The van der Waals surface area contributed by atoms with Crippen LogP contribution in [0.2, 0.25) is 0 Å². The molecule has 1 aliphatic carbocycles. The minimum absolute atomic E-state index is 0.0777. The van der Waals surface area contributed by atoms with Crippen molar-refractivity contribution in [3.63, 3.8) is 0 Å². The number of hydrogen-bond acceptors (Lipinski definition) is 5.